The van der Waals surface area contributed by atoms with E-state index in [9.17, 15) is 0 Å². The fraction of sp³-hybridized carbons (Fsp3) is 0.643. The topological polar surface area (TPSA) is 75.3 Å². The molecule has 0 amide bonds. The number of allylic oxidation sites excluding steroid dienone is 2. The molecule has 0 aromatic heterocycles. The zero-order valence-electron chi connectivity index (χ0n) is 12.3. The first-order valence-corrected chi connectivity index (χ1v) is 6.65. The molecule has 0 fully saturated rings. The Morgan fingerprint density at radius 1 is 1.00 bits per heavy atom. The summed E-state index contributed by atoms with van der Waals surface area (Å²) < 4.78 is 21.1. The van der Waals surface area contributed by atoms with Gasteiger partial charge >= 0.3 is 0 Å². The highest BCUT2D eigenvalue weighted by molar-refractivity contribution is 5.71. The molecule has 0 unspecified atom stereocenters. The van der Waals surface area contributed by atoms with Crippen LogP contribution < -0.4 is 5.73 Å². The van der Waals surface area contributed by atoms with E-state index in [1.807, 2.05) is 0 Å². The van der Waals surface area contributed by atoms with E-state index >= 15 is 0 Å². The highest BCUT2D eigenvalue weighted by Crippen LogP contribution is 1.94. The van der Waals surface area contributed by atoms with E-state index in [0.717, 1.165) is 0 Å². The van der Waals surface area contributed by atoms with Gasteiger partial charge in [-0.2, -0.15) is 0 Å². The second-order valence-electron chi connectivity index (χ2n) is 3.71. The lowest BCUT2D eigenvalue weighted by Crippen LogP contribution is -2.14. The number of hydrogen-bond donors (Lipinski definition) is 1. The summed E-state index contributed by atoms with van der Waals surface area (Å²) in [6, 6.07) is 0. The van der Waals surface area contributed by atoms with Gasteiger partial charge in [0.2, 0.25) is 0 Å². The molecule has 116 valence electrons. The average molecular weight is 286 g/mol. The first-order chi connectivity index (χ1) is 9.81. The maximum atomic E-state index is 5.34. The molecule has 0 aliphatic heterocycles. The van der Waals surface area contributed by atoms with Crippen LogP contribution in [0.5, 0.6) is 0 Å². The quantitative estimate of drug-likeness (QED) is 0.221. The minimum absolute atomic E-state index is 0.464. The zero-order valence-corrected chi connectivity index (χ0v) is 12.3. The minimum Gasteiger partial charge on any atom is -0.492 e. The van der Waals surface area contributed by atoms with E-state index in [1.165, 1.54) is 0 Å². The van der Waals surface area contributed by atoms with Crippen LogP contribution >= 0.6 is 0 Å². The van der Waals surface area contributed by atoms with Crippen LogP contribution in [0.4, 0.5) is 0 Å². The summed E-state index contributed by atoms with van der Waals surface area (Å²) in [6.45, 7) is 8.00. The van der Waals surface area contributed by atoms with Crippen molar-refractivity contribution >= 4 is 6.21 Å². The smallest absolute Gasteiger partial charge is 0.112 e. The second-order valence-corrected chi connectivity index (χ2v) is 3.71. The van der Waals surface area contributed by atoms with Crippen molar-refractivity contribution in [1.82, 2.24) is 0 Å². The van der Waals surface area contributed by atoms with E-state index in [4.69, 9.17) is 24.7 Å². The van der Waals surface area contributed by atoms with Crippen molar-refractivity contribution < 1.29 is 18.9 Å². The molecule has 0 aliphatic rings. The Kier molecular flexibility index (Phi) is 14.9. The Hall–Kier alpha value is -1.21. The van der Waals surface area contributed by atoms with Crippen molar-refractivity contribution in [2.75, 3.05) is 59.8 Å². The lowest BCUT2D eigenvalue weighted by Gasteiger charge is -2.07. The zero-order chi connectivity index (χ0) is 14.9. The van der Waals surface area contributed by atoms with Crippen LogP contribution in [0.15, 0.2) is 29.5 Å². The molecule has 6 nitrogen and oxygen atoms in total. The fourth-order valence-electron chi connectivity index (χ4n) is 1.14. The van der Waals surface area contributed by atoms with Crippen LogP contribution in [-0.4, -0.2) is 66.1 Å². The Labute approximate surface area is 121 Å². The Bertz CT molecular complexity index is 280. The van der Waals surface area contributed by atoms with Gasteiger partial charge in [-0.3, -0.25) is 4.99 Å². The average Bonchev–Trinajstić information content (AvgIpc) is 2.45. The molecule has 0 radical (unpaired) electrons. The Morgan fingerprint density at radius 2 is 1.55 bits per heavy atom. The van der Waals surface area contributed by atoms with Crippen LogP contribution in [0.2, 0.25) is 0 Å². The molecule has 0 rings (SSSR count). The van der Waals surface area contributed by atoms with Crippen LogP contribution in [0.25, 0.3) is 0 Å². The molecule has 0 saturated heterocycles. The monoisotopic (exact) mass is 286 g/mol. The van der Waals surface area contributed by atoms with E-state index in [1.54, 1.807) is 25.4 Å². The molecule has 20 heavy (non-hydrogen) atoms. The predicted octanol–water partition coefficient (Wildman–Crippen LogP) is 0.782. The third kappa shape index (κ3) is 14.8. The third-order valence-corrected chi connectivity index (χ3v) is 2.04. The van der Waals surface area contributed by atoms with E-state index in [-0.39, 0.29) is 0 Å². The number of nitrogens with two attached hydrogens (primary N) is 1. The molecule has 0 aromatic carbocycles. The van der Waals surface area contributed by atoms with Gasteiger partial charge in [0.05, 0.1) is 39.6 Å². The molecular formula is C14H26N2O4. The van der Waals surface area contributed by atoms with Gasteiger partial charge in [-0.1, -0.05) is 6.58 Å². The van der Waals surface area contributed by atoms with Gasteiger partial charge in [0.25, 0.3) is 0 Å². The first kappa shape index (κ1) is 18.8. The SMILES string of the molecule is C=C(/C=C\C=N/C)OCCOCCOCCOCCN. The molecule has 0 heterocycles. The highest BCUT2D eigenvalue weighted by atomic mass is 16.6. The summed E-state index contributed by atoms with van der Waals surface area (Å²) in [5, 5.41) is 0. The summed E-state index contributed by atoms with van der Waals surface area (Å²) in [5.74, 6) is 0.585. The number of aliphatic imine (C=N–C) groups is 1. The van der Waals surface area contributed by atoms with E-state index in [0.29, 0.717) is 58.6 Å². The molecule has 0 spiro atoms. The molecule has 0 aromatic rings. The van der Waals surface area contributed by atoms with Crippen molar-refractivity contribution in [1.29, 1.82) is 0 Å². The Balaban J connectivity index is 3.18. The lowest BCUT2D eigenvalue weighted by molar-refractivity contribution is 0.00655. The van der Waals surface area contributed by atoms with Crippen LogP contribution in [0.1, 0.15) is 0 Å². The standard InChI is InChI=1S/C14H26N2O4/c1-14(4-3-6-16-2)20-13-12-19-11-10-18-9-8-17-7-5-15/h3-4,6H,1,5,7-13,15H2,2H3/b4-3-,16-6-. The van der Waals surface area contributed by atoms with Gasteiger partial charge < -0.3 is 24.7 Å². The molecule has 6 heteroatoms. The van der Waals surface area contributed by atoms with Gasteiger partial charge in [0, 0.05) is 19.8 Å². The normalized spacial score (nSPS) is 11.5. The predicted molar refractivity (Wildman–Crippen MR) is 80.2 cm³/mol. The summed E-state index contributed by atoms with van der Waals surface area (Å²) in [4.78, 5) is 3.81. The van der Waals surface area contributed by atoms with Crippen LogP contribution in [-0.2, 0) is 18.9 Å². The number of hydrogen-bond acceptors (Lipinski definition) is 6. The largest absolute Gasteiger partial charge is 0.492 e. The molecule has 0 aliphatic carbocycles. The van der Waals surface area contributed by atoms with Gasteiger partial charge in [0.15, 0.2) is 0 Å². The van der Waals surface area contributed by atoms with Crippen molar-refractivity contribution in [2.45, 2.75) is 0 Å². The Morgan fingerprint density at radius 3 is 2.10 bits per heavy atom. The van der Waals surface area contributed by atoms with Crippen LogP contribution in [0.3, 0.4) is 0 Å². The molecular weight excluding hydrogens is 260 g/mol. The number of rotatable bonds is 14. The molecule has 0 saturated carbocycles. The van der Waals surface area contributed by atoms with E-state index in [2.05, 4.69) is 11.6 Å². The summed E-state index contributed by atoms with van der Waals surface area (Å²) in [5.41, 5.74) is 5.28. The van der Waals surface area contributed by atoms with Crippen molar-refractivity contribution in [3.8, 4) is 0 Å². The van der Waals surface area contributed by atoms with Crippen molar-refractivity contribution in [3.63, 3.8) is 0 Å². The summed E-state index contributed by atoms with van der Waals surface area (Å²) >= 11 is 0. The van der Waals surface area contributed by atoms with Gasteiger partial charge in [-0.05, 0) is 12.2 Å². The first-order valence-electron chi connectivity index (χ1n) is 6.65. The van der Waals surface area contributed by atoms with Gasteiger partial charge in [-0.15, -0.1) is 0 Å². The second kappa shape index (κ2) is 15.8. The van der Waals surface area contributed by atoms with Crippen LogP contribution in [0, 0.1) is 0 Å². The van der Waals surface area contributed by atoms with Crippen molar-refractivity contribution in [2.24, 2.45) is 10.7 Å². The number of nitrogens with zero attached hydrogens (tertiary/aromatic N) is 1. The van der Waals surface area contributed by atoms with Crippen molar-refractivity contribution in [3.05, 3.63) is 24.5 Å². The highest BCUT2D eigenvalue weighted by Gasteiger charge is 1.92. The third-order valence-electron chi connectivity index (χ3n) is 2.04. The minimum atomic E-state index is 0.464. The molecule has 0 bridgehead atoms. The summed E-state index contributed by atoms with van der Waals surface area (Å²) in [7, 11) is 1.70. The molecule has 2 N–H and O–H groups in total. The fourth-order valence-corrected chi connectivity index (χ4v) is 1.14. The van der Waals surface area contributed by atoms with E-state index < -0.39 is 0 Å². The lowest BCUT2D eigenvalue weighted by atomic mass is 10.4. The van der Waals surface area contributed by atoms with Gasteiger partial charge in [0.1, 0.15) is 12.4 Å². The maximum absolute atomic E-state index is 5.34. The maximum Gasteiger partial charge on any atom is 0.112 e. The molecule has 0 atom stereocenters. The number of ether oxygens (including phenoxy) is 4. The summed E-state index contributed by atoms with van der Waals surface area (Å²) in [6.07, 6.45) is 5.18. The van der Waals surface area contributed by atoms with Gasteiger partial charge in [-0.25, -0.2) is 0 Å².